The zero-order valence-electron chi connectivity index (χ0n) is 10.9. The molecule has 0 radical (unpaired) electrons. The third-order valence-electron chi connectivity index (χ3n) is 2.84. The van der Waals surface area contributed by atoms with Crippen molar-refractivity contribution < 1.29 is 8.78 Å². The molecule has 0 atom stereocenters. The molecule has 0 aliphatic heterocycles. The molecule has 0 aliphatic carbocycles. The van der Waals surface area contributed by atoms with E-state index in [-0.39, 0.29) is 5.56 Å². The van der Waals surface area contributed by atoms with Crippen molar-refractivity contribution in [3.05, 3.63) is 65.2 Å². The molecule has 0 saturated carbocycles. The zero-order valence-corrected chi connectivity index (χ0v) is 10.9. The van der Waals surface area contributed by atoms with Gasteiger partial charge in [0, 0.05) is 25.3 Å². The van der Waals surface area contributed by atoms with E-state index >= 15 is 0 Å². The largest absolute Gasteiger partial charge is 0.377 e. The van der Waals surface area contributed by atoms with Gasteiger partial charge in [-0.05, 0) is 17.7 Å². The number of hydrogen-bond donors (Lipinski definition) is 0. The number of benzene rings is 2. The van der Waals surface area contributed by atoms with Crippen LogP contribution in [0.5, 0.6) is 0 Å². The Bertz CT molecular complexity index is 603. The highest BCUT2D eigenvalue weighted by Gasteiger charge is 2.05. The molecule has 19 heavy (non-hydrogen) atoms. The van der Waals surface area contributed by atoms with Gasteiger partial charge in [-0.15, -0.1) is 0 Å². The van der Waals surface area contributed by atoms with E-state index in [0.717, 1.165) is 17.3 Å². The maximum Gasteiger partial charge on any atom is 0.166 e. The summed E-state index contributed by atoms with van der Waals surface area (Å²) < 4.78 is 26.6. The normalized spacial score (nSPS) is 10.9. The summed E-state index contributed by atoms with van der Waals surface area (Å²) in [6, 6.07) is 11.9. The Morgan fingerprint density at radius 1 is 0.842 bits per heavy atom. The van der Waals surface area contributed by atoms with Gasteiger partial charge in [0.25, 0.3) is 0 Å². The minimum absolute atomic E-state index is 0.244. The van der Waals surface area contributed by atoms with Crippen LogP contribution in [0.4, 0.5) is 14.5 Å². The first-order valence-corrected chi connectivity index (χ1v) is 5.98. The Hall–Kier alpha value is -2.16. The first-order chi connectivity index (χ1) is 9.09. The minimum Gasteiger partial charge on any atom is -0.377 e. The molecular formula is C16H15F2N. The van der Waals surface area contributed by atoms with Crippen LogP contribution in [0.1, 0.15) is 11.1 Å². The number of hydrogen-bond acceptors (Lipinski definition) is 1. The van der Waals surface area contributed by atoms with E-state index in [2.05, 4.69) is 0 Å². The Balaban J connectivity index is 2.36. The predicted molar refractivity (Wildman–Crippen MR) is 76.1 cm³/mol. The summed E-state index contributed by atoms with van der Waals surface area (Å²) in [5.41, 5.74) is 2.22. The number of para-hydroxylation sites is 1. The van der Waals surface area contributed by atoms with E-state index in [9.17, 15) is 8.78 Å². The molecule has 0 fully saturated rings. The maximum atomic E-state index is 13.5. The van der Waals surface area contributed by atoms with Gasteiger partial charge < -0.3 is 4.90 Å². The van der Waals surface area contributed by atoms with Gasteiger partial charge in [0.2, 0.25) is 0 Å². The molecule has 2 aromatic carbocycles. The van der Waals surface area contributed by atoms with Gasteiger partial charge in [-0.3, -0.25) is 0 Å². The van der Waals surface area contributed by atoms with Gasteiger partial charge in [0.1, 0.15) is 0 Å². The number of halogens is 2. The van der Waals surface area contributed by atoms with E-state index in [4.69, 9.17) is 0 Å². The average Bonchev–Trinajstić information content (AvgIpc) is 2.40. The predicted octanol–water partition coefficient (Wildman–Crippen LogP) is 4.20. The van der Waals surface area contributed by atoms with Crippen LogP contribution in [0.3, 0.4) is 0 Å². The number of anilines is 1. The molecule has 1 nitrogen and oxygen atoms in total. The molecule has 0 unspecified atom stereocenters. The first-order valence-electron chi connectivity index (χ1n) is 5.98. The standard InChI is InChI=1S/C16H15F2N/c1-19(2)15-9-4-3-6-12(15)10-11-13-7-5-8-14(17)16(13)18/h3-11H,1-2H3. The molecule has 2 rings (SSSR count). The SMILES string of the molecule is CN(C)c1ccccc1C=Cc1cccc(F)c1F. The Morgan fingerprint density at radius 2 is 1.47 bits per heavy atom. The van der Waals surface area contributed by atoms with Gasteiger partial charge in [-0.25, -0.2) is 8.78 Å². The molecular weight excluding hydrogens is 244 g/mol. The fraction of sp³-hybridized carbons (Fsp3) is 0.125. The molecule has 0 aliphatic rings. The van der Waals surface area contributed by atoms with Crippen molar-refractivity contribution in [1.82, 2.24) is 0 Å². The lowest BCUT2D eigenvalue weighted by atomic mass is 10.1. The van der Waals surface area contributed by atoms with Crippen molar-refractivity contribution in [3.63, 3.8) is 0 Å². The summed E-state index contributed by atoms with van der Waals surface area (Å²) in [7, 11) is 3.88. The van der Waals surface area contributed by atoms with Crippen molar-refractivity contribution in [2.75, 3.05) is 19.0 Å². The lowest BCUT2D eigenvalue weighted by Gasteiger charge is -2.15. The van der Waals surface area contributed by atoms with Crippen molar-refractivity contribution in [2.24, 2.45) is 0 Å². The molecule has 0 bridgehead atoms. The Kier molecular flexibility index (Phi) is 3.95. The highest BCUT2D eigenvalue weighted by molar-refractivity contribution is 5.77. The maximum absolute atomic E-state index is 13.5. The topological polar surface area (TPSA) is 3.24 Å². The molecule has 0 saturated heterocycles. The molecule has 0 spiro atoms. The van der Waals surface area contributed by atoms with Crippen LogP contribution >= 0.6 is 0 Å². The van der Waals surface area contributed by atoms with E-state index in [1.54, 1.807) is 18.2 Å². The second-order valence-corrected chi connectivity index (χ2v) is 4.43. The molecule has 0 heterocycles. The van der Waals surface area contributed by atoms with Crippen LogP contribution in [-0.2, 0) is 0 Å². The van der Waals surface area contributed by atoms with Gasteiger partial charge >= 0.3 is 0 Å². The first kappa shape index (κ1) is 13.3. The van der Waals surface area contributed by atoms with Crippen molar-refractivity contribution in [1.29, 1.82) is 0 Å². The van der Waals surface area contributed by atoms with E-state index in [1.807, 2.05) is 43.3 Å². The van der Waals surface area contributed by atoms with Crippen LogP contribution in [0.2, 0.25) is 0 Å². The van der Waals surface area contributed by atoms with Crippen molar-refractivity contribution >= 4 is 17.8 Å². The second kappa shape index (κ2) is 5.65. The minimum atomic E-state index is -0.831. The lowest BCUT2D eigenvalue weighted by Crippen LogP contribution is -2.09. The number of nitrogens with zero attached hydrogens (tertiary/aromatic N) is 1. The number of rotatable bonds is 3. The fourth-order valence-corrected chi connectivity index (χ4v) is 1.86. The van der Waals surface area contributed by atoms with E-state index in [1.165, 1.54) is 6.07 Å². The molecule has 98 valence electrons. The van der Waals surface area contributed by atoms with Crippen molar-refractivity contribution in [2.45, 2.75) is 0 Å². The van der Waals surface area contributed by atoms with Gasteiger partial charge in [-0.2, -0.15) is 0 Å². The van der Waals surface area contributed by atoms with E-state index in [0.29, 0.717) is 0 Å². The zero-order chi connectivity index (χ0) is 13.8. The van der Waals surface area contributed by atoms with Crippen LogP contribution in [-0.4, -0.2) is 14.1 Å². The Morgan fingerprint density at radius 3 is 2.21 bits per heavy atom. The second-order valence-electron chi connectivity index (χ2n) is 4.43. The summed E-state index contributed by atoms with van der Waals surface area (Å²) in [5.74, 6) is -1.65. The van der Waals surface area contributed by atoms with Crippen LogP contribution in [0.15, 0.2) is 42.5 Å². The molecule has 0 amide bonds. The highest BCUT2D eigenvalue weighted by Crippen LogP contribution is 2.21. The van der Waals surface area contributed by atoms with Gasteiger partial charge in [0.15, 0.2) is 11.6 Å². The average molecular weight is 259 g/mol. The molecule has 0 N–H and O–H groups in total. The Labute approximate surface area is 111 Å². The third kappa shape index (κ3) is 2.99. The highest BCUT2D eigenvalue weighted by atomic mass is 19.2. The van der Waals surface area contributed by atoms with Crippen LogP contribution in [0, 0.1) is 11.6 Å². The summed E-state index contributed by atoms with van der Waals surface area (Å²) in [6.07, 6.45) is 3.37. The monoisotopic (exact) mass is 259 g/mol. The quantitative estimate of drug-likeness (QED) is 0.747. The molecule has 2 aromatic rings. The summed E-state index contributed by atoms with van der Waals surface area (Å²) in [4.78, 5) is 1.97. The van der Waals surface area contributed by atoms with Gasteiger partial charge in [-0.1, -0.05) is 42.5 Å². The summed E-state index contributed by atoms with van der Waals surface area (Å²) in [5, 5.41) is 0. The third-order valence-corrected chi connectivity index (χ3v) is 2.84. The van der Waals surface area contributed by atoms with E-state index < -0.39 is 11.6 Å². The van der Waals surface area contributed by atoms with Crippen molar-refractivity contribution in [3.8, 4) is 0 Å². The molecule has 0 aromatic heterocycles. The summed E-state index contributed by atoms with van der Waals surface area (Å²) >= 11 is 0. The summed E-state index contributed by atoms with van der Waals surface area (Å²) in [6.45, 7) is 0. The fourth-order valence-electron chi connectivity index (χ4n) is 1.86. The van der Waals surface area contributed by atoms with Crippen LogP contribution in [0.25, 0.3) is 12.2 Å². The smallest absolute Gasteiger partial charge is 0.166 e. The molecule has 3 heteroatoms. The van der Waals surface area contributed by atoms with Crippen LogP contribution < -0.4 is 4.90 Å². The lowest BCUT2D eigenvalue weighted by molar-refractivity contribution is 0.507. The van der Waals surface area contributed by atoms with Gasteiger partial charge in [0.05, 0.1) is 0 Å².